The normalized spacial score (nSPS) is 21.8. The lowest BCUT2D eigenvalue weighted by Gasteiger charge is -2.20. The van der Waals surface area contributed by atoms with E-state index in [0.717, 1.165) is 25.0 Å². The van der Waals surface area contributed by atoms with E-state index < -0.39 is 0 Å². The summed E-state index contributed by atoms with van der Waals surface area (Å²) >= 11 is 0. The number of pyridine rings is 1. The molecule has 21 heavy (non-hydrogen) atoms. The van der Waals surface area contributed by atoms with Crippen LogP contribution >= 0.6 is 0 Å². The lowest BCUT2D eigenvalue weighted by Crippen LogP contribution is -2.26. The van der Waals surface area contributed by atoms with E-state index in [1.54, 1.807) is 0 Å². The van der Waals surface area contributed by atoms with Crippen LogP contribution in [-0.4, -0.2) is 36.1 Å². The quantitative estimate of drug-likeness (QED) is 0.853. The van der Waals surface area contributed by atoms with Gasteiger partial charge >= 0.3 is 0 Å². The average Bonchev–Trinajstić information content (AvgIpc) is 2.92. The fourth-order valence-electron chi connectivity index (χ4n) is 3.44. The highest BCUT2D eigenvalue weighted by Gasteiger charge is 2.21. The maximum absolute atomic E-state index is 9.29. The van der Waals surface area contributed by atoms with Gasteiger partial charge in [-0.05, 0) is 70.2 Å². The van der Waals surface area contributed by atoms with Crippen LogP contribution < -0.4 is 4.74 Å². The van der Waals surface area contributed by atoms with Gasteiger partial charge in [0.05, 0.1) is 6.61 Å². The minimum absolute atomic E-state index is 0.541. The van der Waals surface area contributed by atoms with Gasteiger partial charge < -0.3 is 9.64 Å². The largest absolute Gasteiger partial charge is 0.477 e. The molecule has 3 rings (SSSR count). The Bertz CT molecular complexity index is 550. The van der Waals surface area contributed by atoms with Crippen LogP contribution in [0.4, 0.5) is 0 Å². The van der Waals surface area contributed by atoms with Crippen molar-refractivity contribution in [3.05, 3.63) is 22.9 Å². The zero-order chi connectivity index (χ0) is 14.7. The predicted octanol–water partition coefficient (Wildman–Crippen LogP) is 2.70. The standard InChI is InChI=1S/C17H23N3O/c1-20-9-4-6-15(20)8-10-21-17-14(12-18)11-13-5-2-3-7-16(13)19-17/h11,15H,2-10H2,1H3. The van der Waals surface area contributed by atoms with Crippen molar-refractivity contribution < 1.29 is 4.74 Å². The number of hydrogen-bond donors (Lipinski definition) is 0. The molecule has 0 bridgehead atoms. The molecule has 1 unspecified atom stereocenters. The Morgan fingerprint density at radius 2 is 2.24 bits per heavy atom. The van der Waals surface area contributed by atoms with E-state index in [-0.39, 0.29) is 0 Å². The predicted molar refractivity (Wildman–Crippen MR) is 81.4 cm³/mol. The van der Waals surface area contributed by atoms with E-state index >= 15 is 0 Å². The minimum Gasteiger partial charge on any atom is -0.477 e. The van der Waals surface area contributed by atoms with Crippen molar-refractivity contribution in [2.75, 3.05) is 20.2 Å². The van der Waals surface area contributed by atoms with E-state index in [1.165, 1.54) is 37.8 Å². The van der Waals surface area contributed by atoms with Crippen molar-refractivity contribution in [1.82, 2.24) is 9.88 Å². The minimum atomic E-state index is 0.541. The number of aryl methyl sites for hydroxylation is 2. The molecule has 0 radical (unpaired) electrons. The molecule has 1 saturated heterocycles. The van der Waals surface area contributed by atoms with Crippen LogP contribution in [0.15, 0.2) is 6.07 Å². The van der Waals surface area contributed by atoms with Crippen LogP contribution in [0.1, 0.15) is 48.9 Å². The number of hydrogen-bond acceptors (Lipinski definition) is 4. The second kappa shape index (κ2) is 6.44. The van der Waals surface area contributed by atoms with Gasteiger partial charge in [-0.25, -0.2) is 4.98 Å². The van der Waals surface area contributed by atoms with Crippen LogP contribution in [0.5, 0.6) is 5.88 Å². The Balaban J connectivity index is 1.65. The average molecular weight is 285 g/mol. The second-order valence-electron chi connectivity index (χ2n) is 6.18. The first-order valence-corrected chi connectivity index (χ1v) is 8.04. The summed E-state index contributed by atoms with van der Waals surface area (Å²) in [5.74, 6) is 0.541. The third kappa shape index (κ3) is 3.19. The van der Waals surface area contributed by atoms with Gasteiger partial charge in [0, 0.05) is 11.7 Å². The highest BCUT2D eigenvalue weighted by molar-refractivity contribution is 5.43. The molecule has 2 heterocycles. The van der Waals surface area contributed by atoms with E-state index in [2.05, 4.69) is 23.0 Å². The molecule has 0 saturated carbocycles. The first kappa shape index (κ1) is 14.3. The maximum Gasteiger partial charge on any atom is 0.231 e. The molecule has 1 aliphatic heterocycles. The molecule has 1 aromatic rings. The molecule has 1 aliphatic carbocycles. The van der Waals surface area contributed by atoms with Gasteiger partial charge in [-0.2, -0.15) is 5.26 Å². The SMILES string of the molecule is CN1CCCC1CCOc1nc2c(cc1C#N)CCCC2. The van der Waals surface area contributed by atoms with Crippen molar-refractivity contribution >= 4 is 0 Å². The van der Waals surface area contributed by atoms with Crippen LogP contribution in [0, 0.1) is 11.3 Å². The Labute approximate surface area is 126 Å². The lowest BCUT2D eigenvalue weighted by molar-refractivity contribution is 0.228. The van der Waals surface area contributed by atoms with Gasteiger partial charge in [-0.15, -0.1) is 0 Å². The summed E-state index contributed by atoms with van der Waals surface area (Å²) in [6.07, 6.45) is 8.00. The fourth-order valence-corrected chi connectivity index (χ4v) is 3.44. The van der Waals surface area contributed by atoms with Crippen LogP contribution in [0.3, 0.4) is 0 Å². The number of fused-ring (bicyclic) bond motifs is 1. The molecule has 0 spiro atoms. The van der Waals surface area contributed by atoms with Gasteiger partial charge in [0.1, 0.15) is 11.6 Å². The van der Waals surface area contributed by atoms with Gasteiger partial charge in [-0.3, -0.25) is 0 Å². The molecule has 0 N–H and O–H groups in total. The van der Waals surface area contributed by atoms with Crippen LogP contribution in [0.2, 0.25) is 0 Å². The zero-order valence-corrected chi connectivity index (χ0v) is 12.8. The summed E-state index contributed by atoms with van der Waals surface area (Å²) in [5, 5.41) is 9.29. The first-order valence-electron chi connectivity index (χ1n) is 8.04. The molecule has 1 fully saturated rings. The number of nitriles is 1. The summed E-state index contributed by atoms with van der Waals surface area (Å²) in [7, 11) is 2.18. The van der Waals surface area contributed by atoms with Crippen molar-refractivity contribution in [3.63, 3.8) is 0 Å². The Morgan fingerprint density at radius 3 is 3.00 bits per heavy atom. The summed E-state index contributed by atoms with van der Waals surface area (Å²) in [6.45, 7) is 1.83. The van der Waals surface area contributed by atoms with Crippen molar-refractivity contribution in [1.29, 1.82) is 5.26 Å². The van der Waals surface area contributed by atoms with Crippen molar-refractivity contribution in [2.24, 2.45) is 0 Å². The van der Waals surface area contributed by atoms with Gasteiger partial charge in [0.25, 0.3) is 0 Å². The Hall–Kier alpha value is -1.60. The molecule has 4 heteroatoms. The first-order chi connectivity index (χ1) is 10.3. The molecule has 112 valence electrons. The lowest BCUT2D eigenvalue weighted by atomic mass is 9.95. The molecular weight excluding hydrogens is 262 g/mol. The third-order valence-electron chi connectivity index (χ3n) is 4.75. The smallest absolute Gasteiger partial charge is 0.231 e. The van der Waals surface area contributed by atoms with Gasteiger partial charge in [-0.1, -0.05) is 0 Å². The Kier molecular flexibility index (Phi) is 4.40. The van der Waals surface area contributed by atoms with E-state index in [9.17, 15) is 5.26 Å². The number of ether oxygens (including phenoxy) is 1. The van der Waals surface area contributed by atoms with Crippen LogP contribution in [-0.2, 0) is 12.8 Å². The van der Waals surface area contributed by atoms with Crippen LogP contribution in [0.25, 0.3) is 0 Å². The summed E-state index contributed by atoms with van der Waals surface area (Å²) in [5.41, 5.74) is 2.96. The number of nitrogens with zero attached hydrogens (tertiary/aromatic N) is 3. The van der Waals surface area contributed by atoms with E-state index in [1.807, 2.05) is 6.07 Å². The number of likely N-dealkylation sites (tertiary alicyclic amines) is 1. The molecule has 1 atom stereocenters. The summed E-state index contributed by atoms with van der Waals surface area (Å²) < 4.78 is 5.84. The van der Waals surface area contributed by atoms with Gasteiger partial charge in [0.15, 0.2) is 0 Å². The number of rotatable bonds is 4. The van der Waals surface area contributed by atoms with E-state index in [4.69, 9.17) is 4.74 Å². The molecule has 4 nitrogen and oxygen atoms in total. The number of aromatic nitrogens is 1. The van der Waals surface area contributed by atoms with Crippen molar-refractivity contribution in [2.45, 2.75) is 51.0 Å². The molecular formula is C17H23N3O. The summed E-state index contributed by atoms with van der Waals surface area (Å²) in [6, 6.07) is 4.84. The molecule has 0 aromatic carbocycles. The molecule has 2 aliphatic rings. The maximum atomic E-state index is 9.29. The highest BCUT2D eigenvalue weighted by Crippen LogP contribution is 2.26. The molecule has 1 aromatic heterocycles. The summed E-state index contributed by atoms with van der Waals surface area (Å²) in [4.78, 5) is 7.01. The fraction of sp³-hybridized carbons (Fsp3) is 0.647. The van der Waals surface area contributed by atoms with Crippen molar-refractivity contribution in [3.8, 4) is 11.9 Å². The topological polar surface area (TPSA) is 49.1 Å². The van der Waals surface area contributed by atoms with E-state index in [0.29, 0.717) is 24.1 Å². The zero-order valence-electron chi connectivity index (χ0n) is 12.8. The highest BCUT2D eigenvalue weighted by atomic mass is 16.5. The van der Waals surface area contributed by atoms with Gasteiger partial charge in [0.2, 0.25) is 5.88 Å². The second-order valence-corrected chi connectivity index (χ2v) is 6.18. The third-order valence-corrected chi connectivity index (χ3v) is 4.75. The monoisotopic (exact) mass is 285 g/mol. The molecule has 0 amide bonds. The Morgan fingerprint density at radius 1 is 1.38 bits per heavy atom.